The van der Waals surface area contributed by atoms with Gasteiger partial charge in [-0.25, -0.2) is 0 Å². The molecule has 7 rings (SSSR count). The summed E-state index contributed by atoms with van der Waals surface area (Å²) in [6, 6.07) is 59.7. The number of anilines is 1. The van der Waals surface area contributed by atoms with Crippen LogP contribution in [0.4, 0.5) is 5.69 Å². The number of rotatable bonds is 14. The minimum absolute atomic E-state index is 0.0695. The molecule has 362 valence electrons. The summed E-state index contributed by atoms with van der Waals surface area (Å²) < 4.78 is 0. The zero-order valence-electron chi connectivity index (χ0n) is 44.7. The summed E-state index contributed by atoms with van der Waals surface area (Å²) >= 11 is 0. The van der Waals surface area contributed by atoms with Gasteiger partial charge in [0.2, 0.25) is 5.91 Å². The molecule has 4 heteroatoms. The second kappa shape index (κ2) is 22.8. The first-order chi connectivity index (χ1) is 34.0. The van der Waals surface area contributed by atoms with Crippen LogP contribution in [-0.4, -0.2) is 22.1 Å². The van der Waals surface area contributed by atoms with Crippen LogP contribution in [0.2, 0.25) is 33.2 Å². The predicted molar refractivity (Wildman–Crippen MR) is 313 cm³/mol. The van der Waals surface area contributed by atoms with E-state index in [-0.39, 0.29) is 5.91 Å². The van der Waals surface area contributed by atoms with Gasteiger partial charge in [-0.1, -0.05) is 216 Å². The smallest absolute Gasteiger partial charge is 0.221 e. The molecule has 7 aromatic rings. The largest absolute Gasteiger partial charge is 0.326 e. The van der Waals surface area contributed by atoms with Crippen molar-refractivity contribution in [3.05, 3.63) is 186 Å². The van der Waals surface area contributed by atoms with Crippen LogP contribution >= 0.6 is 0 Å². The molecule has 0 aromatic heterocycles. The average molecular weight is 967 g/mol. The maximum Gasteiger partial charge on any atom is 0.221 e. The Hall–Kier alpha value is -6.44. The lowest BCUT2D eigenvalue weighted by Crippen LogP contribution is -2.43. The van der Waals surface area contributed by atoms with Crippen LogP contribution in [0.5, 0.6) is 0 Å². The molecule has 0 saturated carbocycles. The normalized spacial score (nSPS) is 11.8. The molecule has 1 amide bonds. The third-order valence-electron chi connectivity index (χ3n) is 15.3. The van der Waals surface area contributed by atoms with Crippen molar-refractivity contribution in [2.75, 3.05) is 5.32 Å². The Kier molecular flexibility index (Phi) is 16.8. The lowest BCUT2D eigenvalue weighted by atomic mass is 9.78. The van der Waals surface area contributed by atoms with Crippen LogP contribution in [0.15, 0.2) is 164 Å². The molecule has 7 aromatic carbocycles. The van der Waals surface area contributed by atoms with Gasteiger partial charge >= 0.3 is 0 Å². The Morgan fingerprint density at radius 3 is 1.11 bits per heavy atom. The summed E-state index contributed by atoms with van der Waals surface area (Å²) in [5, 5.41) is 2.89. The van der Waals surface area contributed by atoms with E-state index in [0.29, 0.717) is 33.2 Å². The highest BCUT2D eigenvalue weighted by Crippen LogP contribution is 2.51. The molecule has 2 nitrogen and oxygen atoms in total. The van der Waals surface area contributed by atoms with E-state index in [9.17, 15) is 4.79 Å². The minimum atomic E-state index is -1.94. The van der Waals surface area contributed by atoms with E-state index >= 15 is 0 Å². The van der Waals surface area contributed by atoms with E-state index in [2.05, 4.69) is 263 Å². The standard InChI is InChI=1S/C67H75NOSi2/c1-46(2)70(47(3)4,48(5)6)42-40-53-24-34-60(35-25-53)66-63(57-20-16-14-17-21-57)45-64(58-32-28-55(29-33-58)44-56-30-38-62(39-31-56)68-52(13)69)65(59-22-18-15-19-23-59)67(66)61-36-26-54(27-37-61)41-43-71(49(7)8,50(9)10)51(11)12/h14-39,45-51H,44H2,1-13H3,(H,68,69). The van der Waals surface area contributed by atoms with Crippen molar-refractivity contribution in [3.63, 3.8) is 0 Å². The number of carbonyl (C=O) groups is 1. The molecule has 71 heavy (non-hydrogen) atoms. The number of carbonyl (C=O) groups excluding carboxylic acids is 1. The lowest BCUT2D eigenvalue weighted by Gasteiger charge is -2.38. The molecule has 0 aliphatic rings. The highest BCUT2D eigenvalue weighted by molar-refractivity contribution is 6.91. The van der Waals surface area contributed by atoms with Gasteiger partial charge < -0.3 is 5.32 Å². The van der Waals surface area contributed by atoms with Crippen LogP contribution in [0.3, 0.4) is 0 Å². The molecule has 0 aliphatic carbocycles. The summed E-state index contributed by atoms with van der Waals surface area (Å²) in [7, 11) is -3.87. The molecule has 0 spiro atoms. The van der Waals surface area contributed by atoms with Crippen molar-refractivity contribution >= 4 is 27.7 Å². The van der Waals surface area contributed by atoms with Crippen LogP contribution in [0.1, 0.15) is 112 Å². The van der Waals surface area contributed by atoms with Crippen molar-refractivity contribution in [3.8, 4) is 78.6 Å². The van der Waals surface area contributed by atoms with E-state index < -0.39 is 16.1 Å². The number of hydrogen-bond acceptors (Lipinski definition) is 1. The van der Waals surface area contributed by atoms with Crippen LogP contribution in [0.25, 0.3) is 55.6 Å². The zero-order valence-corrected chi connectivity index (χ0v) is 46.7. The average Bonchev–Trinajstić information content (AvgIpc) is 3.35. The minimum Gasteiger partial charge on any atom is -0.326 e. The fourth-order valence-electron chi connectivity index (χ4n) is 11.9. The van der Waals surface area contributed by atoms with Gasteiger partial charge in [-0.3, -0.25) is 4.79 Å². The van der Waals surface area contributed by atoms with E-state index in [1.54, 1.807) is 0 Å². The third-order valence-corrected chi connectivity index (χ3v) is 27.9. The molecule has 0 fully saturated rings. The van der Waals surface area contributed by atoms with Gasteiger partial charge in [-0.15, -0.1) is 11.1 Å². The number of benzene rings is 7. The predicted octanol–water partition coefficient (Wildman–Crippen LogP) is 18.7. The van der Waals surface area contributed by atoms with Crippen LogP contribution in [-0.2, 0) is 11.2 Å². The maximum absolute atomic E-state index is 11.7. The molecule has 0 atom stereocenters. The molecular weight excluding hydrogens is 891 g/mol. The lowest BCUT2D eigenvalue weighted by molar-refractivity contribution is -0.114. The molecule has 0 heterocycles. The van der Waals surface area contributed by atoms with Crippen LogP contribution < -0.4 is 5.32 Å². The summed E-state index contributed by atoms with van der Waals surface area (Å²) in [4.78, 5) is 11.7. The fourth-order valence-corrected chi connectivity index (χ4v) is 22.3. The number of hydrogen-bond donors (Lipinski definition) is 1. The van der Waals surface area contributed by atoms with Gasteiger partial charge in [0, 0.05) is 23.7 Å². The number of nitrogens with one attached hydrogen (secondary N) is 1. The Bertz CT molecular complexity index is 2990. The second-order valence-corrected chi connectivity index (χ2v) is 32.7. The Labute approximate surface area is 429 Å². The van der Waals surface area contributed by atoms with E-state index in [1.807, 2.05) is 12.1 Å². The monoisotopic (exact) mass is 966 g/mol. The molecular formula is C67H75NOSi2. The van der Waals surface area contributed by atoms with Gasteiger partial charge in [0.05, 0.1) is 0 Å². The highest BCUT2D eigenvalue weighted by Gasteiger charge is 2.42. The SMILES string of the molecule is CC(=O)Nc1ccc(Cc2ccc(-c3cc(-c4ccccc4)c(-c4ccc(C#C[Si](C(C)C)(C(C)C)C(C)C)cc4)c(-c4ccc(C#C[Si](C(C)C)(C(C)C)C(C)C)cc4)c3-c3ccccc3)cc2)cc1. The maximum atomic E-state index is 11.7. The van der Waals surface area contributed by atoms with E-state index in [4.69, 9.17) is 0 Å². The third kappa shape index (κ3) is 11.4. The van der Waals surface area contributed by atoms with Crippen molar-refractivity contribution in [1.82, 2.24) is 0 Å². The van der Waals surface area contributed by atoms with Gasteiger partial charge in [-0.05, 0) is 149 Å². The topological polar surface area (TPSA) is 29.1 Å². The summed E-state index contributed by atoms with van der Waals surface area (Å²) in [6.07, 6.45) is 0.784. The van der Waals surface area contributed by atoms with Gasteiger partial charge in [-0.2, -0.15) is 0 Å². The van der Waals surface area contributed by atoms with Crippen LogP contribution in [0, 0.1) is 22.9 Å². The molecule has 0 aliphatic heterocycles. The Morgan fingerprint density at radius 2 is 0.732 bits per heavy atom. The first-order valence-electron chi connectivity index (χ1n) is 26.0. The van der Waals surface area contributed by atoms with Crippen molar-refractivity contribution in [1.29, 1.82) is 0 Å². The van der Waals surface area contributed by atoms with Gasteiger partial charge in [0.1, 0.15) is 16.1 Å². The fraction of sp³-hybridized carbons (Fsp3) is 0.299. The van der Waals surface area contributed by atoms with Gasteiger partial charge in [0.15, 0.2) is 0 Å². The Balaban J connectivity index is 1.48. The van der Waals surface area contributed by atoms with Crippen molar-refractivity contribution < 1.29 is 4.79 Å². The Morgan fingerprint density at radius 1 is 0.408 bits per heavy atom. The first-order valence-corrected chi connectivity index (χ1v) is 30.5. The van der Waals surface area contributed by atoms with E-state index in [0.717, 1.165) is 51.1 Å². The number of amides is 1. The summed E-state index contributed by atoms with van der Waals surface area (Å²) in [6.45, 7) is 30.1. The molecule has 0 bridgehead atoms. The first kappa shape index (κ1) is 52.4. The zero-order chi connectivity index (χ0) is 51.0. The molecule has 0 saturated heterocycles. The van der Waals surface area contributed by atoms with Gasteiger partial charge in [0.25, 0.3) is 0 Å². The highest BCUT2D eigenvalue weighted by atomic mass is 28.3. The summed E-state index contributed by atoms with van der Waals surface area (Å²) in [5.41, 5.74) is 28.3. The molecule has 0 radical (unpaired) electrons. The second-order valence-electron chi connectivity index (χ2n) is 21.5. The molecule has 0 unspecified atom stereocenters. The quantitative estimate of drug-likeness (QED) is 0.0854. The van der Waals surface area contributed by atoms with E-state index in [1.165, 1.54) is 45.9 Å². The van der Waals surface area contributed by atoms with Crippen molar-refractivity contribution in [2.24, 2.45) is 0 Å². The summed E-state index contributed by atoms with van der Waals surface area (Å²) in [5.74, 6) is 7.41. The molecule has 1 N–H and O–H groups in total. The van der Waals surface area contributed by atoms with Crippen molar-refractivity contribution in [2.45, 2.75) is 130 Å².